The summed E-state index contributed by atoms with van der Waals surface area (Å²) in [5, 5.41) is 3.56. The molecule has 3 unspecified atom stereocenters. The summed E-state index contributed by atoms with van der Waals surface area (Å²) in [6.45, 7) is 9.53. The van der Waals surface area contributed by atoms with E-state index in [0.717, 1.165) is 31.6 Å². The molecule has 1 aromatic rings. The molecule has 1 fully saturated rings. The molecule has 118 valence electrons. The first-order valence-corrected chi connectivity index (χ1v) is 7.85. The van der Waals surface area contributed by atoms with Gasteiger partial charge in [0, 0.05) is 31.7 Å². The number of benzene rings is 1. The number of hydrogen-bond acceptors (Lipinski definition) is 3. The lowest BCUT2D eigenvalue weighted by Crippen LogP contribution is -2.57. The predicted octanol–water partition coefficient (Wildman–Crippen LogP) is 3.04. The summed E-state index contributed by atoms with van der Waals surface area (Å²) in [5.41, 5.74) is 1.01. The molecule has 0 amide bonds. The first-order chi connectivity index (χ1) is 10.0. The summed E-state index contributed by atoms with van der Waals surface area (Å²) in [6, 6.07) is 6.26. The Morgan fingerprint density at radius 1 is 1.48 bits per heavy atom. The van der Waals surface area contributed by atoms with Gasteiger partial charge in [-0.15, -0.1) is 0 Å². The van der Waals surface area contributed by atoms with E-state index in [1.54, 1.807) is 12.1 Å². The van der Waals surface area contributed by atoms with Gasteiger partial charge in [0.25, 0.3) is 0 Å². The summed E-state index contributed by atoms with van der Waals surface area (Å²) >= 11 is 0. The summed E-state index contributed by atoms with van der Waals surface area (Å²) in [5.74, 6) is 0.664. The van der Waals surface area contributed by atoms with Crippen LogP contribution in [-0.2, 0) is 6.54 Å². The lowest BCUT2D eigenvalue weighted by molar-refractivity contribution is 0.0884. The maximum atomic E-state index is 13.8. The van der Waals surface area contributed by atoms with E-state index >= 15 is 0 Å². The minimum absolute atomic E-state index is 0.279. The van der Waals surface area contributed by atoms with Gasteiger partial charge in [-0.25, -0.2) is 4.39 Å². The van der Waals surface area contributed by atoms with Crippen molar-refractivity contribution >= 4 is 0 Å². The average molecular weight is 294 g/mol. The van der Waals surface area contributed by atoms with Crippen molar-refractivity contribution in [2.24, 2.45) is 5.92 Å². The number of piperazine rings is 1. The smallest absolute Gasteiger partial charge is 0.165 e. The van der Waals surface area contributed by atoms with Crippen molar-refractivity contribution in [3.8, 4) is 5.75 Å². The van der Waals surface area contributed by atoms with E-state index in [1.807, 2.05) is 6.07 Å². The van der Waals surface area contributed by atoms with Crippen LogP contribution >= 0.6 is 0 Å². The molecule has 1 aliphatic rings. The number of rotatable bonds is 5. The Kier molecular flexibility index (Phi) is 5.59. The summed E-state index contributed by atoms with van der Waals surface area (Å²) in [6.07, 6.45) is 1.16. The number of hydrogen-bond donors (Lipinski definition) is 1. The molecule has 21 heavy (non-hydrogen) atoms. The van der Waals surface area contributed by atoms with Crippen molar-refractivity contribution in [2.45, 2.75) is 45.8 Å². The van der Waals surface area contributed by atoms with Crippen LogP contribution in [0.25, 0.3) is 0 Å². The molecule has 4 heteroatoms. The van der Waals surface area contributed by atoms with Crippen LogP contribution < -0.4 is 10.1 Å². The fourth-order valence-corrected chi connectivity index (χ4v) is 3.06. The molecule has 0 aromatic heterocycles. The molecule has 1 N–H and O–H groups in total. The fraction of sp³-hybridized carbons (Fsp3) is 0.647. The van der Waals surface area contributed by atoms with Crippen LogP contribution in [0.15, 0.2) is 18.2 Å². The standard InChI is InChI=1S/C17H27FN2O/c1-5-12(2)16-9-19-13(3)10-20(16)11-14-6-7-17(21-4)15(18)8-14/h6-8,12-13,16,19H,5,9-11H2,1-4H3. The molecule has 3 nitrogen and oxygen atoms in total. The third-order valence-electron chi connectivity index (χ3n) is 4.56. The SMILES string of the molecule is CCC(C)C1CNC(C)CN1Cc1ccc(OC)c(F)c1. The molecule has 0 saturated carbocycles. The van der Waals surface area contributed by atoms with E-state index < -0.39 is 0 Å². The molecule has 1 aliphatic heterocycles. The lowest BCUT2D eigenvalue weighted by atomic mass is 9.94. The van der Waals surface area contributed by atoms with Crippen LogP contribution in [0.4, 0.5) is 4.39 Å². The van der Waals surface area contributed by atoms with Gasteiger partial charge in [-0.3, -0.25) is 4.90 Å². The second-order valence-corrected chi connectivity index (χ2v) is 6.16. The summed E-state index contributed by atoms with van der Waals surface area (Å²) < 4.78 is 18.8. The highest BCUT2D eigenvalue weighted by Crippen LogP contribution is 2.23. The highest BCUT2D eigenvalue weighted by molar-refractivity contribution is 5.29. The molecular formula is C17H27FN2O. The van der Waals surface area contributed by atoms with Crippen molar-refractivity contribution in [1.29, 1.82) is 0 Å². The minimum atomic E-state index is -0.279. The Hall–Kier alpha value is -1.13. The minimum Gasteiger partial charge on any atom is -0.494 e. The van der Waals surface area contributed by atoms with Crippen LogP contribution in [0.3, 0.4) is 0 Å². The number of halogens is 1. The van der Waals surface area contributed by atoms with Gasteiger partial charge in [0.05, 0.1) is 7.11 Å². The van der Waals surface area contributed by atoms with Gasteiger partial charge in [0.1, 0.15) is 0 Å². The molecular weight excluding hydrogens is 267 g/mol. The van der Waals surface area contributed by atoms with Crippen LogP contribution in [-0.4, -0.2) is 37.2 Å². The monoisotopic (exact) mass is 294 g/mol. The first-order valence-electron chi connectivity index (χ1n) is 7.85. The van der Waals surface area contributed by atoms with Gasteiger partial charge < -0.3 is 10.1 Å². The van der Waals surface area contributed by atoms with Gasteiger partial charge in [-0.05, 0) is 30.5 Å². The molecule has 0 spiro atoms. The summed E-state index contributed by atoms with van der Waals surface area (Å²) in [7, 11) is 1.50. The maximum Gasteiger partial charge on any atom is 0.165 e. The Morgan fingerprint density at radius 3 is 2.86 bits per heavy atom. The highest BCUT2D eigenvalue weighted by atomic mass is 19.1. The average Bonchev–Trinajstić information content (AvgIpc) is 2.47. The Balaban J connectivity index is 2.12. The van der Waals surface area contributed by atoms with E-state index in [2.05, 4.69) is 31.0 Å². The molecule has 1 aromatic carbocycles. The maximum absolute atomic E-state index is 13.8. The molecule has 0 radical (unpaired) electrons. The normalized spacial score (nSPS) is 24.8. The lowest BCUT2D eigenvalue weighted by Gasteiger charge is -2.42. The van der Waals surface area contributed by atoms with Gasteiger partial charge in [0.2, 0.25) is 0 Å². The summed E-state index contributed by atoms with van der Waals surface area (Å²) in [4.78, 5) is 2.48. The third kappa shape index (κ3) is 3.95. The van der Waals surface area contributed by atoms with Crippen LogP contribution in [0, 0.1) is 11.7 Å². The second kappa shape index (κ2) is 7.23. The predicted molar refractivity (Wildman–Crippen MR) is 84.1 cm³/mol. The zero-order chi connectivity index (χ0) is 15.4. The number of methoxy groups -OCH3 is 1. The van der Waals surface area contributed by atoms with Crippen LogP contribution in [0.1, 0.15) is 32.8 Å². The topological polar surface area (TPSA) is 24.5 Å². The zero-order valence-electron chi connectivity index (χ0n) is 13.5. The van der Waals surface area contributed by atoms with E-state index in [9.17, 15) is 4.39 Å². The van der Waals surface area contributed by atoms with Crippen molar-refractivity contribution in [3.05, 3.63) is 29.6 Å². The largest absolute Gasteiger partial charge is 0.494 e. The molecule has 1 heterocycles. The first kappa shape index (κ1) is 16.2. The van der Waals surface area contributed by atoms with Crippen LogP contribution in [0.2, 0.25) is 0 Å². The zero-order valence-corrected chi connectivity index (χ0v) is 13.5. The highest BCUT2D eigenvalue weighted by Gasteiger charge is 2.29. The number of nitrogens with one attached hydrogen (secondary N) is 1. The quantitative estimate of drug-likeness (QED) is 0.903. The van der Waals surface area contributed by atoms with Gasteiger partial charge in [-0.1, -0.05) is 26.3 Å². The van der Waals surface area contributed by atoms with E-state index in [4.69, 9.17) is 4.74 Å². The second-order valence-electron chi connectivity index (χ2n) is 6.16. The molecule has 3 atom stereocenters. The number of nitrogens with zero attached hydrogens (tertiary/aromatic N) is 1. The van der Waals surface area contributed by atoms with Gasteiger partial charge in [-0.2, -0.15) is 0 Å². The molecule has 0 bridgehead atoms. The third-order valence-corrected chi connectivity index (χ3v) is 4.56. The molecule has 0 aliphatic carbocycles. The van der Waals surface area contributed by atoms with Crippen molar-refractivity contribution in [3.63, 3.8) is 0 Å². The van der Waals surface area contributed by atoms with Crippen molar-refractivity contribution in [2.75, 3.05) is 20.2 Å². The van der Waals surface area contributed by atoms with E-state index in [0.29, 0.717) is 23.8 Å². The van der Waals surface area contributed by atoms with Crippen LogP contribution in [0.5, 0.6) is 5.75 Å². The van der Waals surface area contributed by atoms with E-state index in [-0.39, 0.29) is 5.82 Å². The van der Waals surface area contributed by atoms with E-state index in [1.165, 1.54) is 7.11 Å². The van der Waals surface area contributed by atoms with Crippen molar-refractivity contribution < 1.29 is 9.13 Å². The van der Waals surface area contributed by atoms with Crippen molar-refractivity contribution in [1.82, 2.24) is 10.2 Å². The number of ether oxygens (including phenoxy) is 1. The Bertz CT molecular complexity index is 466. The Morgan fingerprint density at radius 2 is 2.24 bits per heavy atom. The van der Waals surface area contributed by atoms with Gasteiger partial charge in [0.15, 0.2) is 11.6 Å². The fourth-order valence-electron chi connectivity index (χ4n) is 3.06. The molecule has 1 saturated heterocycles. The van der Waals surface area contributed by atoms with Gasteiger partial charge >= 0.3 is 0 Å². The Labute approximate surface area is 127 Å². The molecule has 2 rings (SSSR count).